The SMILES string of the molecule is CCc1nnc2n1CC(NC(=O)c1cc(C)on1)CC2. The van der Waals surface area contributed by atoms with Crippen molar-refractivity contribution in [3.05, 3.63) is 29.2 Å². The van der Waals surface area contributed by atoms with Gasteiger partial charge in [0, 0.05) is 31.5 Å². The van der Waals surface area contributed by atoms with Gasteiger partial charge in [-0.15, -0.1) is 10.2 Å². The zero-order valence-corrected chi connectivity index (χ0v) is 11.6. The second-order valence-corrected chi connectivity index (χ2v) is 5.03. The number of hydrogen-bond acceptors (Lipinski definition) is 5. The largest absolute Gasteiger partial charge is 0.361 e. The predicted octanol–water partition coefficient (Wildman–Crippen LogP) is 0.882. The Morgan fingerprint density at radius 3 is 3.10 bits per heavy atom. The van der Waals surface area contributed by atoms with Gasteiger partial charge < -0.3 is 14.4 Å². The zero-order chi connectivity index (χ0) is 14.1. The maximum Gasteiger partial charge on any atom is 0.273 e. The molecular formula is C13H17N5O2. The first kappa shape index (κ1) is 12.8. The Morgan fingerprint density at radius 2 is 2.40 bits per heavy atom. The topological polar surface area (TPSA) is 85.8 Å². The molecule has 3 heterocycles. The molecule has 2 aromatic heterocycles. The van der Waals surface area contributed by atoms with E-state index in [1.807, 2.05) is 0 Å². The van der Waals surface area contributed by atoms with Gasteiger partial charge in [0.25, 0.3) is 5.91 Å². The molecule has 1 aliphatic rings. The maximum atomic E-state index is 12.1. The van der Waals surface area contributed by atoms with Gasteiger partial charge in [-0.25, -0.2) is 0 Å². The van der Waals surface area contributed by atoms with Crippen LogP contribution in [0.3, 0.4) is 0 Å². The van der Waals surface area contributed by atoms with Crippen molar-refractivity contribution in [3.8, 4) is 0 Å². The highest BCUT2D eigenvalue weighted by Crippen LogP contribution is 2.16. The van der Waals surface area contributed by atoms with Crippen molar-refractivity contribution in [2.45, 2.75) is 45.7 Å². The van der Waals surface area contributed by atoms with Crippen LogP contribution >= 0.6 is 0 Å². The van der Waals surface area contributed by atoms with Gasteiger partial charge in [0.2, 0.25) is 0 Å². The molecule has 0 fully saturated rings. The molecule has 1 atom stereocenters. The van der Waals surface area contributed by atoms with E-state index < -0.39 is 0 Å². The lowest BCUT2D eigenvalue weighted by Crippen LogP contribution is -2.41. The van der Waals surface area contributed by atoms with Crippen LogP contribution in [0.25, 0.3) is 0 Å². The van der Waals surface area contributed by atoms with Crippen molar-refractivity contribution in [2.75, 3.05) is 0 Å². The third-order valence-corrected chi connectivity index (χ3v) is 3.54. The van der Waals surface area contributed by atoms with Crippen molar-refractivity contribution in [1.82, 2.24) is 25.2 Å². The van der Waals surface area contributed by atoms with Crippen LogP contribution < -0.4 is 5.32 Å². The second kappa shape index (κ2) is 5.07. The van der Waals surface area contributed by atoms with E-state index >= 15 is 0 Å². The van der Waals surface area contributed by atoms with E-state index in [9.17, 15) is 4.79 Å². The predicted molar refractivity (Wildman–Crippen MR) is 70.2 cm³/mol. The molecule has 0 spiro atoms. The number of fused-ring (bicyclic) bond motifs is 1. The minimum absolute atomic E-state index is 0.0771. The molecule has 1 unspecified atom stereocenters. The third kappa shape index (κ3) is 2.31. The minimum atomic E-state index is -0.193. The smallest absolute Gasteiger partial charge is 0.273 e. The number of nitrogens with zero attached hydrogens (tertiary/aromatic N) is 4. The van der Waals surface area contributed by atoms with Crippen LogP contribution in [0.2, 0.25) is 0 Å². The number of rotatable bonds is 3. The first-order chi connectivity index (χ1) is 9.67. The van der Waals surface area contributed by atoms with Gasteiger partial charge in [-0.05, 0) is 13.3 Å². The van der Waals surface area contributed by atoms with Gasteiger partial charge in [-0.3, -0.25) is 4.79 Å². The summed E-state index contributed by atoms with van der Waals surface area (Å²) in [5.74, 6) is 2.41. The van der Waals surface area contributed by atoms with Crippen molar-refractivity contribution >= 4 is 5.91 Å². The van der Waals surface area contributed by atoms with E-state index in [-0.39, 0.29) is 11.9 Å². The summed E-state index contributed by atoms with van der Waals surface area (Å²) >= 11 is 0. The summed E-state index contributed by atoms with van der Waals surface area (Å²) in [6.07, 6.45) is 2.54. The number of carbonyl (C=O) groups is 1. The highest BCUT2D eigenvalue weighted by atomic mass is 16.5. The van der Waals surface area contributed by atoms with Gasteiger partial charge in [0.1, 0.15) is 17.4 Å². The fourth-order valence-corrected chi connectivity index (χ4v) is 2.50. The van der Waals surface area contributed by atoms with Gasteiger partial charge in [-0.2, -0.15) is 0 Å². The number of amides is 1. The number of aromatic nitrogens is 4. The summed E-state index contributed by atoms with van der Waals surface area (Å²) in [6.45, 7) is 4.53. The quantitative estimate of drug-likeness (QED) is 0.898. The van der Waals surface area contributed by atoms with Gasteiger partial charge >= 0.3 is 0 Å². The molecule has 2 aromatic rings. The summed E-state index contributed by atoms with van der Waals surface area (Å²) in [5.41, 5.74) is 0.327. The summed E-state index contributed by atoms with van der Waals surface area (Å²) < 4.78 is 7.02. The van der Waals surface area contributed by atoms with Crippen LogP contribution in [0, 0.1) is 6.92 Å². The number of aryl methyl sites for hydroxylation is 3. The minimum Gasteiger partial charge on any atom is -0.361 e. The Labute approximate surface area is 116 Å². The van der Waals surface area contributed by atoms with Gasteiger partial charge in [0.05, 0.1) is 0 Å². The Morgan fingerprint density at radius 1 is 1.55 bits per heavy atom. The zero-order valence-electron chi connectivity index (χ0n) is 11.6. The average molecular weight is 275 g/mol. The molecule has 106 valence electrons. The van der Waals surface area contributed by atoms with E-state index in [2.05, 4.69) is 32.2 Å². The molecule has 0 saturated heterocycles. The van der Waals surface area contributed by atoms with E-state index in [0.29, 0.717) is 18.0 Å². The molecule has 1 N–H and O–H groups in total. The monoisotopic (exact) mass is 275 g/mol. The van der Waals surface area contributed by atoms with Crippen molar-refractivity contribution in [2.24, 2.45) is 0 Å². The number of hydrogen-bond donors (Lipinski definition) is 1. The first-order valence-electron chi connectivity index (χ1n) is 6.82. The fraction of sp³-hybridized carbons (Fsp3) is 0.538. The van der Waals surface area contributed by atoms with Crippen LogP contribution in [0.4, 0.5) is 0 Å². The highest BCUT2D eigenvalue weighted by Gasteiger charge is 2.24. The Bertz CT molecular complexity index is 617. The van der Waals surface area contributed by atoms with Crippen LogP contribution in [-0.4, -0.2) is 31.9 Å². The number of nitrogens with one attached hydrogen (secondary N) is 1. The van der Waals surface area contributed by atoms with Gasteiger partial charge in [-0.1, -0.05) is 12.1 Å². The molecule has 3 rings (SSSR count). The fourth-order valence-electron chi connectivity index (χ4n) is 2.50. The number of carbonyl (C=O) groups excluding carboxylic acids is 1. The highest BCUT2D eigenvalue weighted by molar-refractivity contribution is 5.92. The molecule has 20 heavy (non-hydrogen) atoms. The van der Waals surface area contributed by atoms with E-state index in [0.717, 1.165) is 30.9 Å². The molecule has 0 bridgehead atoms. The maximum absolute atomic E-state index is 12.1. The Kier molecular flexibility index (Phi) is 3.25. The normalized spacial score (nSPS) is 17.8. The summed E-state index contributed by atoms with van der Waals surface area (Å²) in [7, 11) is 0. The molecular weight excluding hydrogens is 258 g/mol. The average Bonchev–Trinajstić information content (AvgIpc) is 3.04. The molecule has 1 aliphatic heterocycles. The van der Waals surface area contributed by atoms with Crippen molar-refractivity contribution in [1.29, 1.82) is 0 Å². The third-order valence-electron chi connectivity index (χ3n) is 3.54. The lowest BCUT2D eigenvalue weighted by atomic mass is 10.1. The molecule has 0 radical (unpaired) electrons. The molecule has 1 amide bonds. The first-order valence-corrected chi connectivity index (χ1v) is 6.82. The molecule has 0 saturated carbocycles. The molecule has 0 aromatic carbocycles. The summed E-state index contributed by atoms with van der Waals surface area (Å²) in [6, 6.07) is 1.72. The molecule has 7 nitrogen and oxygen atoms in total. The van der Waals surface area contributed by atoms with Gasteiger partial charge in [0.15, 0.2) is 5.69 Å². The Hall–Kier alpha value is -2.18. The summed E-state index contributed by atoms with van der Waals surface area (Å²) in [4.78, 5) is 12.1. The van der Waals surface area contributed by atoms with E-state index in [4.69, 9.17) is 4.52 Å². The van der Waals surface area contributed by atoms with Crippen molar-refractivity contribution in [3.63, 3.8) is 0 Å². The van der Waals surface area contributed by atoms with Crippen LogP contribution in [0.1, 0.15) is 41.2 Å². The lowest BCUT2D eigenvalue weighted by Gasteiger charge is -2.24. The van der Waals surface area contributed by atoms with Crippen LogP contribution in [0.15, 0.2) is 10.6 Å². The molecule has 7 heteroatoms. The van der Waals surface area contributed by atoms with E-state index in [1.165, 1.54) is 0 Å². The summed E-state index contributed by atoms with van der Waals surface area (Å²) in [5, 5.41) is 15.1. The molecule has 0 aliphatic carbocycles. The van der Waals surface area contributed by atoms with Crippen molar-refractivity contribution < 1.29 is 9.32 Å². The van der Waals surface area contributed by atoms with E-state index in [1.54, 1.807) is 13.0 Å². The van der Waals surface area contributed by atoms with Crippen LogP contribution in [0.5, 0.6) is 0 Å². The Balaban J connectivity index is 1.69. The van der Waals surface area contributed by atoms with Crippen LogP contribution in [-0.2, 0) is 19.4 Å². The second-order valence-electron chi connectivity index (χ2n) is 5.03. The lowest BCUT2D eigenvalue weighted by molar-refractivity contribution is 0.0918. The standard InChI is InChI=1S/C13H17N5O2/c1-3-11-15-16-12-5-4-9(7-18(11)12)14-13(19)10-6-8(2)20-17-10/h6,9H,3-5,7H2,1-2H3,(H,14,19).